The third-order valence-electron chi connectivity index (χ3n) is 5.58. The van der Waals surface area contributed by atoms with Crippen molar-refractivity contribution < 1.29 is 19.2 Å². The normalized spacial score (nSPS) is 15.8. The molecule has 0 fully saturated rings. The quantitative estimate of drug-likeness (QED) is 0.410. The maximum atomic E-state index is 13.0. The predicted molar refractivity (Wildman–Crippen MR) is 131 cm³/mol. The average molecular weight is 480 g/mol. The SMILES string of the molecule is COc1ccc2c(CC(=O)N[C@@H](Cc3ccccc3)C(=O)NCC3C=C(Cl)NO3)cccc2c1. The van der Waals surface area contributed by atoms with Gasteiger partial charge in [0, 0.05) is 6.42 Å². The molecule has 1 aliphatic heterocycles. The molecule has 3 aromatic rings. The molecule has 0 saturated heterocycles. The van der Waals surface area contributed by atoms with Crippen LogP contribution < -0.4 is 20.9 Å². The number of rotatable bonds is 9. The molecule has 4 rings (SSSR count). The third kappa shape index (κ3) is 6.07. The Kier molecular flexibility index (Phi) is 7.67. The van der Waals surface area contributed by atoms with Crippen molar-refractivity contribution in [2.75, 3.05) is 13.7 Å². The highest BCUT2D eigenvalue weighted by Crippen LogP contribution is 2.24. The molecule has 0 aliphatic carbocycles. The van der Waals surface area contributed by atoms with Crippen LogP contribution in [0.4, 0.5) is 0 Å². The van der Waals surface area contributed by atoms with Gasteiger partial charge in [0.25, 0.3) is 0 Å². The van der Waals surface area contributed by atoms with Gasteiger partial charge < -0.3 is 15.4 Å². The van der Waals surface area contributed by atoms with Crippen LogP contribution in [0.3, 0.4) is 0 Å². The van der Waals surface area contributed by atoms with E-state index in [4.69, 9.17) is 21.2 Å². The number of amides is 2. The maximum Gasteiger partial charge on any atom is 0.243 e. The lowest BCUT2D eigenvalue weighted by molar-refractivity contribution is -0.129. The van der Waals surface area contributed by atoms with Gasteiger partial charge >= 0.3 is 0 Å². The Morgan fingerprint density at radius 2 is 1.94 bits per heavy atom. The lowest BCUT2D eigenvalue weighted by Crippen LogP contribution is -2.49. The summed E-state index contributed by atoms with van der Waals surface area (Å²) in [4.78, 5) is 31.2. The summed E-state index contributed by atoms with van der Waals surface area (Å²) >= 11 is 5.84. The van der Waals surface area contributed by atoms with E-state index in [-0.39, 0.29) is 30.9 Å². The van der Waals surface area contributed by atoms with E-state index in [0.717, 1.165) is 27.6 Å². The fourth-order valence-electron chi connectivity index (χ4n) is 3.88. The van der Waals surface area contributed by atoms with Crippen LogP contribution >= 0.6 is 11.6 Å². The van der Waals surface area contributed by atoms with Gasteiger partial charge in [0.15, 0.2) is 0 Å². The Balaban J connectivity index is 1.46. The number of hydrogen-bond donors (Lipinski definition) is 3. The fourth-order valence-corrected chi connectivity index (χ4v) is 4.06. The first kappa shape index (κ1) is 23.6. The molecule has 8 heteroatoms. The standard InChI is InChI=1S/C26H26ClN3O4/c1-33-20-10-11-22-18(13-20)8-5-9-19(22)14-25(31)29-23(12-17-6-3-2-4-7-17)26(32)28-16-21-15-24(27)30-34-21/h2-11,13,15,21,23,30H,12,14,16H2,1H3,(H,28,32)(H,29,31)/t21?,23-/m0/s1. The van der Waals surface area contributed by atoms with Crippen molar-refractivity contribution in [3.05, 3.63) is 89.1 Å². The molecule has 3 N–H and O–H groups in total. The molecular weight excluding hydrogens is 454 g/mol. The van der Waals surface area contributed by atoms with Crippen molar-refractivity contribution in [1.29, 1.82) is 0 Å². The first-order chi connectivity index (χ1) is 16.5. The Morgan fingerprint density at radius 1 is 1.12 bits per heavy atom. The first-order valence-electron chi connectivity index (χ1n) is 11.0. The predicted octanol–water partition coefficient (Wildman–Crippen LogP) is 3.22. The van der Waals surface area contributed by atoms with Crippen LogP contribution in [0.1, 0.15) is 11.1 Å². The second-order valence-corrected chi connectivity index (χ2v) is 8.42. The number of carbonyl (C=O) groups is 2. The summed E-state index contributed by atoms with van der Waals surface area (Å²) in [6, 6.07) is 20.4. The molecule has 1 aliphatic rings. The van der Waals surface area contributed by atoms with Crippen molar-refractivity contribution in [2.24, 2.45) is 0 Å². The summed E-state index contributed by atoms with van der Waals surface area (Å²) in [5.41, 5.74) is 4.36. The lowest BCUT2D eigenvalue weighted by Gasteiger charge is -2.20. The molecule has 0 radical (unpaired) electrons. The number of carbonyl (C=O) groups excluding carboxylic acids is 2. The van der Waals surface area contributed by atoms with E-state index in [1.165, 1.54) is 0 Å². The summed E-state index contributed by atoms with van der Waals surface area (Å²) in [7, 11) is 1.62. The number of nitrogens with one attached hydrogen (secondary N) is 3. The summed E-state index contributed by atoms with van der Waals surface area (Å²) in [6.07, 6.45) is 1.81. The van der Waals surface area contributed by atoms with Gasteiger partial charge in [-0.3, -0.25) is 19.9 Å². The van der Waals surface area contributed by atoms with E-state index < -0.39 is 6.04 Å². The molecule has 1 unspecified atom stereocenters. The molecule has 0 bridgehead atoms. The van der Waals surface area contributed by atoms with E-state index in [1.54, 1.807) is 13.2 Å². The minimum absolute atomic E-state index is 0.149. The van der Waals surface area contributed by atoms with E-state index in [9.17, 15) is 9.59 Å². The monoisotopic (exact) mass is 479 g/mol. The summed E-state index contributed by atoms with van der Waals surface area (Å²) in [5, 5.41) is 8.08. The zero-order valence-electron chi connectivity index (χ0n) is 18.7. The molecule has 0 aromatic heterocycles. The Bertz CT molecular complexity index is 1200. The van der Waals surface area contributed by atoms with E-state index in [1.807, 2.05) is 66.7 Å². The van der Waals surface area contributed by atoms with Crippen molar-refractivity contribution in [3.63, 3.8) is 0 Å². The van der Waals surface area contributed by atoms with Gasteiger partial charge in [0.05, 0.1) is 20.1 Å². The Labute approximate surface area is 203 Å². The molecule has 2 amide bonds. The molecule has 0 spiro atoms. The molecule has 1 heterocycles. The molecular formula is C26H26ClN3O4. The van der Waals surface area contributed by atoms with Gasteiger partial charge in [-0.05, 0) is 40.1 Å². The number of fused-ring (bicyclic) bond motifs is 1. The Hall–Kier alpha value is -3.55. The number of hydrogen-bond acceptors (Lipinski definition) is 5. The van der Waals surface area contributed by atoms with Crippen molar-refractivity contribution in [1.82, 2.24) is 16.1 Å². The van der Waals surface area contributed by atoms with Crippen LogP contribution in [0.5, 0.6) is 5.75 Å². The van der Waals surface area contributed by atoms with Crippen LogP contribution in [0.15, 0.2) is 78.0 Å². The molecule has 7 nitrogen and oxygen atoms in total. The highest BCUT2D eigenvalue weighted by molar-refractivity contribution is 6.29. The molecule has 34 heavy (non-hydrogen) atoms. The fraction of sp³-hybridized carbons (Fsp3) is 0.231. The molecule has 3 aromatic carbocycles. The molecule has 0 saturated carbocycles. The van der Waals surface area contributed by atoms with Gasteiger partial charge in [-0.15, -0.1) is 0 Å². The van der Waals surface area contributed by atoms with Gasteiger partial charge in [-0.1, -0.05) is 66.2 Å². The lowest BCUT2D eigenvalue weighted by atomic mass is 10.0. The van der Waals surface area contributed by atoms with Gasteiger partial charge in [0.1, 0.15) is 23.1 Å². The second kappa shape index (κ2) is 11.0. The highest BCUT2D eigenvalue weighted by Gasteiger charge is 2.23. The van der Waals surface area contributed by atoms with Gasteiger partial charge in [0.2, 0.25) is 11.8 Å². The van der Waals surface area contributed by atoms with Crippen LogP contribution in [-0.4, -0.2) is 37.6 Å². The number of ether oxygens (including phenoxy) is 1. The van der Waals surface area contributed by atoms with Crippen molar-refractivity contribution in [2.45, 2.75) is 25.0 Å². The average Bonchev–Trinajstić information content (AvgIpc) is 3.27. The van der Waals surface area contributed by atoms with Crippen LogP contribution in [0.2, 0.25) is 0 Å². The minimum Gasteiger partial charge on any atom is -0.497 e. The summed E-state index contributed by atoms with van der Waals surface area (Å²) in [5.74, 6) is 0.229. The van der Waals surface area contributed by atoms with E-state index >= 15 is 0 Å². The number of halogens is 1. The summed E-state index contributed by atoms with van der Waals surface area (Å²) < 4.78 is 5.30. The second-order valence-electron chi connectivity index (χ2n) is 8.01. The van der Waals surface area contributed by atoms with Crippen molar-refractivity contribution >= 4 is 34.2 Å². The topological polar surface area (TPSA) is 88.7 Å². The number of benzene rings is 3. The highest BCUT2D eigenvalue weighted by atomic mass is 35.5. The number of methoxy groups -OCH3 is 1. The van der Waals surface area contributed by atoms with E-state index in [2.05, 4.69) is 16.1 Å². The Morgan fingerprint density at radius 3 is 2.68 bits per heavy atom. The third-order valence-corrected chi connectivity index (χ3v) is 5.78. The van der Waals surface area contributed by atoms with E-state index in [0.29, 0.717) is 11.6 Å². The van der Waals surface area contributed by atoms with Crippen LogP contribution in [0, 0.1) is 0 Å². The van der Waals surface area contributed by atoms with Crippen molar-refractivity contribution in [3.8, 4) is 5.75 Å². The molecule has 176 valence electrons. The zero-order chi connectivity index (χ0) is 23.9. The largest absolute Gasteiger partial charge is 0.497 e. The smallest absolute Gasteiger partial charge is 0.243 e. The number of hydroxylamine groups is 1. The first-order valence-corrected chi connectivity index (χ1v) is 11.4. The maximum absolute atomic E-state index is 13.0. The summed E-state index contributed by atoms with van der Waals surface area (Å²) in [6.45, 7) is 0.231. The van der Waals surface area contributed by atoms with Gasteiger partial charge in [-0.25, -0.2) is 0 Å². The minimum atomic E-state index is -0.737. The van der Waals surface area contributed by atoms with Gasteiger partial charge in [-0.2, -0.15) is 0 Å². The van der Waals surface area contributed by atoms with Crippen LogP contribution in [0.25, 0.3) is 10.8 Å². The zero-order valence-corrected chi connectivity index (χ0v) is 19.5. The van der Waals surface area contributed by atoms with Crippen LogP contribution in [-0.2, 0) is 27.3 Å². The molecule has 2 atom stereocenters.